The molecule has 2 aliphatic rings. The Bertz CT molecular complexity index is 441. The van der Waals surface area contributed by atoms with Gasteiger partial charge < -0.3 is 9.47 Å². The zero-order chi connectivity index (χ0) is 13.6. The topological polar surface area (TPSA) is 44.8 Å². The van der Waals surface area contributed by atoms with Gasteiger partial charge in [-0.1, -0.05) is 6.08 Å². The Balaban J connectivity index is 2.31. The van der Waals surface area contributed by atoms with Crippen molar-refractivity contribution in [3.63, 3.8) is 0 Å². The summed E-state index contributed by atoms with van der Waals surface area (Å²) in [5.41, 5.74) is -0.800. The fourth-order valence-corrected chi connectivity index (χ4v) is 1.72. The molecule has 1 aliphatic heterocycles. The molecule has 18 heavy (non-hydrogen) atoms. The Morgan fingerprint density at radius 1 is 1.44 bits per heavy atom. The van der Waals surface area contributed by atoms with Gasteiger partial charge in [-0.25, -0.2) is 4.74 Å². The number of halogens is 4. The largest absolute Gasteiger partial charge is 0.540 e. The molecule has 4 nitrogen and oxygen atoms in total. The fourth-order valence-electron chi connectivity index (χ4n) is 1.72. The van der Waals surface area contributed by atoms with Gasteiger partial charge in [0.2, 0.25) is 0 Å². The van der Waals surface area contributed by atoms with Crippen molar-refractivity contribution >= 4 is 5.97 Å². The Morgan fingerprint density at radius 2 is 2.11 bits per heavy atom. The van der Waals surface area contributed by atoms with Gasteiger partial charge in [-0.05, 0) is 12.5 Å². The van der Waals surface area contributed by atoms with Gasteiger partial charge in [-0.15, -0.1) is 8.78 Å². The van der Waals surface area contributed by atoms with Gasteiger partial charge >= 0.3 is 18.4 Å². The average molecular weight is 268 g/mol. The number of carbonyl (C=O) groups excluding carboxylic acids is 1. The summed E-state index contributed by atoms with van der Waals surface area (Å²) in [4.78, 5) is 11.2. The van der Waals surface area contributed by atoms with E-state index >= 15 is 0 Å². The van der Waals surface area contributed by atoms with Crippen molar-refractivity contribution in [3.05, 3.63) is 23.5 Å². The normalized spacial score (nSPS) is 28.4. The Kier molecular flexibility index (Phi) is 2.84. The first kappa shape index (κ1) is 12.9. The molecule has 0 radical (unpaired) electrons. The van der Waals surface area contributed by atoms with Crippen molar-refractivity contribution < 1.29 is 36.6 Å². The maximum atomic E-state index is 13.4. The number of allylic oxidation sites excluding steroid dienone is 1. The van der Waals surface area contributed by atoms with E-state index < -0.39 is 42.0 Å². The summed E-state index contributed by atoms with van der Waals surface area (Å²) in [6.07, 6.45) is -7.02. The second-order valence-electron chi connectivity index (χ2n) is 3.72. The van der Waals surface area contributed by atoms with Crippen molar-refractivity contribution in [2.45, 2.75) is 18.8 Å². The number of carbonyl (C=O) groups is 1. The Hall–Kier alpha value is -1.57. The lowest BCUT2D eigenvalue weighted by Gasteiger charge is -2.34. The van der Waals surface area contributed by atoms with Gasteiger partial charge in [0, 0.05) is 0 Å². The van der Waals surface area contributed by atoms with E-state index in [2.05, 4.69) is 14.2 Å². The first-order chi connectivity index (χ1) is 8.25. The molecule has 0 saturated carbocycles. The van der Waals surface area contributed by atoms with E-state index in [0.29, 0.717) is 0 Å². The molecule has 0 spiro atoms. The summed E-state index contributed by atoms with van der Waals surface area (Å²) in [5, 5.41) is 0. The highest BCUT2D eigenvalue weighted by atomic mass is 19.3. The molecule has 0 saturated heterocycles. The van der Waals surface area contributed by atoms with Crippen LogP contribution in [0.15, 0.2) is 23.5 Å². The molecule has 0 bridgehead atoms. The van der Waals surface area contributed by atoms with Gasteiger partial charge in [0.15, 0.2) is 0 Å². The summed E-state index contributed by atoms with van der Waals surface area (Å²) in [5.74, 6) is -2.40. The van der Waals surface area contributed by atoms with E-state index in [1.54, 1.807) is 0 Å². The molecule has 0 aromatic carbocycles. The average Bonchev–Trinajstić information content (AvgIpc) is 2.25. The Labute approximate surface area is 98.8 Å². The number of alkyl halides is 4. The molecular weight excluding hydrogens is 260 g/mol. The van der Waals surface area contributed by atoms with Crippen LogP contribution in [0.5, 0.6) is 0 Å². The monoisotopic (exact) mass is 268 g/mol. The number of rotatable bonds is 1. The summed E-state index contributed by atoms with van der Waals surface area (Å²) in [6, 6.07) is 0. The predicted molar refractivity (Wildman–Crippen MR) is 48.4 cm³/mol. The molecule has 2 rings (SSSR count). The molecule has 0 aromatic rings. The third-order valence-electron chi connectivity index (χ3n) is 2.53. The van der Waals surface area contributed by atoms with Crippen LogP contribution in [0.1, 0.15) is 6.42 Å². The van der Waals surface area contributed by atoms with Crippen molar-refractivity contribution in [1.29, 1.82) is 0 Å². The fraction of sp³-hybridized carbons (Fsp3) is 0.500. The Morgan fingerprint density at radius 3 is 2.72 bits per heavy atom. The molecule has 0 N–H and O–H groups in total. The van der Waals surface area contributed by atoms with Gasteiger partial charge in [0.25, 0.3) is 0 Å². The van der Waals surface area contributed by atoms with Gasteiger partial charge in [-0.2, -0.15) is 8.78 Å². The lowest BCUT2D eigenvalue weighted by Crippen LogP contribution is -2.43. The number of esters is 1. The van der Waals surface area contributed by atoms with E-state index in [9.17, 15) is 22.4 Å². The van der Waals surface area contributed by atoms with Crippen LogP contribution in [0.3, 0.4) is 0 Å². The van der Waals surface area contributed by atoms with Crippen molar-refractivity contribution in [2.75, 3.05) is 7.11 Å². The van der Waals surface area contributed by atoms with Crippen molar-refractivity contribution in [2.24, 2.45) is 5.92 Å². The lowest BCUT2D eigenvalue weighted by atomic mass is 9.92. The molecule has 0 fully saturated rings. The maximum absolute atomic E-state index is 13.4. The van der Waals surface area contributed by atoms with Crippen LogP contribution in [-0.4, -0.2) is 25.5 Å². The van der Waals surface area contributed by atoms with Crippen LogP contribution < -0.4 is 0 Å². The first-order valence-electron chi connectivity index (χ1n) is 4.89. The molecular formula is C10H8F4O4. The molecule has 1 atom stereocenters. The maximum Gasteiger partial charge on any atom is 0.540 e. The molecule has 0 amide bonds. The molecule has 8 heteroatoms. The van der Waals surface area contributed by atoms with E-state index in [-0.39, 0.29) is 0 Å². The van der Waals surface area contributed by atoms with Crippen LogP contribution >= 0.6 is 0 Å². The summed E-state index contributed by atoms with van der Waals surface area (Å²) < 4.78 is 63.7. The lowest BCUT2D eigenvalue weighted by molar-refractivity contribution is -0.460. The van der Waals surface area contributed by atoms with E-state index in [0.717, 1.165) is 13.2 Å². The minimum Gasteiger partial charge on any atom is -0.469 e. The summed E-state index contributed by atoms with van der Waals surface area (Å²) >= 11 is 0. The quantitative estimate of drug-likeness (QED) is 0.540. The highest BCUT2D eigenvalue weighted by molar-refractivity contribution is 5.75. The molecule has 0 aromatic heterocycles. The van der Waals surface area contributed by atoms with Crippen LogP contribution in [0, 0.1) is 5.92 Å². The number of ether oxygens (including phenoxy) is 3. The molecule has 1 heterocycles. The van der Waals surface area contributed by atoms with Crippen molar-refractivity contribution in [3.8, 4) is 0 Å². The van der Waals surface area contributed by atoms with Gasteiger partial charge in [0.1, 0.15) is 5.76 Å². The molecule has 100 valence electrons. The minimum atomic E-state index is -4.40. The zero-order valence-corrected chi connectivity index (χ0v) is 9.08. The highest BCUT2D eigenvalue weighted by Crippen LogP contribution is 2.46. The first-order valence-corrected chi connectivity index (χ1v) is 4.89. The predicted octanol–water partition coefficient (Wildman–Crippen LogP) is 2.18. The smallest absolute Gasteiger partial charge is 0.469 e. The second-order valence-corrected chi connectivity index (χ2v) is 3.72. The van der Waals surface area contributed by atoms with E-state index in [1.807, 2.05) is 0 Å². The van der Waals surface area contributed by atoms with Crippen LogP contribution in [0.2, 0.25) is 0 Å². The molecule has 1 unspecified atom stereocenters. The number of hydrogen-bond donors (Lipinski definition) is 0. The molecule has 1 aliphatic carbocycles. The van der Waals surface area contributed by atoms with Crippen LogP contribution in [-0.2, 0) is 19.0 Å². The van der Waals surface area contributed by atoms with Crippen LogP contribution in [0.25, 0.3) is 0 Å². The summed E-state index contributed by atoms with van der Waals surface area (Å²) in [6.45, 7) is 0. The minimum absolute atomic E-state index is 0.498. The number of hydrogen-bond acceptors (Lipinski definition) is 4. The third-order valence-corrected chi connectivity index (χ3v) is 2.53. The van der Waals surface area contributed by atoms with Crippen LogP contribution in [0.4, 0.5) is 17.6 Å². The van der Waals surface area contributed by atoms with Crippen molar-refractivity contribution in [1.82, 2.24) is 0 Å². The summed E-state index contributed by atoms with van der Waals surface area (Å²) in [7, 11) is 1.10. The third kappa shape index (κ3) is 2.20. The van der Waals surface area contributed by atoms with Gasteiger partial charge in [-0.3, -0.25) is 4.79 Å². The standard InChI is InChI=1S/C10H8F4O4/c1-16-8(15)5-2-3-7-6(4-5)9(11,12)18-10(13,14)17-7/h2-3,5H,4H2,1H3. The van der Waals surface area contributed by atoms with E-state index in [1.165, 1.54) is 6.08 Å². The SMILES string of the molecule is COC(=O)C1C=CC2=C(C1)C(F)(F)OC(F)(F)O2. The van der Waals surface area contributed by atoms with Gasteiger partial charge in [0.05, 0.1) is 18.6 Å². The zero-order valence-electron chi connectivity index (χ0n) is 9.08. The highest BCUT2D eigenvalue weighted by Gasteiger charge is 2.56. The second kappa shape index (κ2) is 3.98. The van der Waals surface area contributed by atoms with E-state index in [4.69, 9.17) is 0 Å². The number of methoxy groups -OCH3 is 1.